The molecule has 8 atom stereocenters. The van der Waals surface area contributed by atoms with Crippen LogP contribution >= 0.6 is 12.4 Å². The van der Waals surface area contributed by atoms with E-state index in [2.05, 4.69) is 54.3 Å². The lowest BCUT2D eigenvalue weighted by Gasteiger charge is -2.72. The first-order valence-electron chi connectivity index (χ1n) is 15.4. The molecule has 1 aliphatic heterocycles. The van der Waals surface area contributed by atoms with Crippen LogP contribution in [0.2, 0.25) is 18.1 Å². The topological polar surface area (TPSA) is 106 Å². The number of halogens is 1. The van der Waals surface area contributed by atoms with Gasteiger partial charge in [-0.05, 0) is 63.3 Å². The summed E-state index contributed by atoms with van der Waals surface area (Å²) in [5, 5.41) is 25.3. The molecule has 42 heavy (non-hydrogen) atoms. The summed E-state index contributed by atoms with van der Waals surface area (Å²) >= 11 is 0. The van der Waals surface area contributed by atoms with Gasteiger partial charge in [-0.1, -0.05) is 61.5 Å². The Morgan fingerprint density at radius 2 is 1.71 bits per heavy atom. The molecule has 3 aliphatic rings. The number of ether oxygens (including phenoxy) is 2. The normalized spacial score (nSPS) is 40.0. The molecule has 1 saturated heterocycles. The van der Waals surface area contributed by atoms with Crippen LogP contribution in [-0.2, 0) is 23.5 Å². The molecule has 2 N–H and O–H groups in total. The Morgan fingerprint density at radius 3 is 2.19 bits per heavy atom. The molecule has 244 valence electrons. The van der Waals surface area contributed by atoms with E-state index in [1.165, 1.54) is 0 Å². The van der Waals surface area contributed by atoms with Crippen molar-refractivity contribution in [2.75, 3.05) is 19.6 Å². The molecule has 2 saturated carbocycles. The zero-order chi connectivity index (χ0) is 31.6. The molecule has 0 radical (unpaired) electrons. The van der Waals surface area contributed by atoms with Crippen LogP contribution in [0.4, 0.5) is 0 Å². The molecule has 0 aromatic heterocycles. The molecule has 0 bridgehead atoms. The van der Waals surface area contributed by atoms with Crippen LogP contribution in [0.15, 0.2) is 12.7 Å². The minimum absolute atomic E-state index is 0. The Morgan fingerprint density at radius 1 is 1.17 bits per heavy atom. The zero-order valence-electron chi connectivity index (χ0n) is 28.1. The number of carbonyl (C=O) groups excluding carboxylic acids is 2. The first-order chi connectivity index (χ1) is 18.5. The number of ketones is 1. The van der Waals surface area contributed by atoms with E-state index in [1.54, 1.807) is 19.9 Å². The maximum atomic E-state index is 14.5. The molecule has 0 aromatic rings. The van der Waals surface area contributed by atoms with Crippen LogP contribution in [-0.4, -0.2) is 89.9 Å². The van der Waals surface area contributed by atoms with E-state index in [0.29, 0.717) is 19.5 Å². The molecule has 10 heteroatoms. The van der Waals surface area contributed by atoms with Crippen molar-refractivity contribution in [1.29, 1.82) is 0 Å². The average molecular weight is 632 g/mol. The zero-order valence-corrected chi connectivity index (χ0v) is 29.9. The second-order valence-corrected chi connectivity index (χ2v) is 20.3. The van der Waals surface area contributed by atoms with E-state index in [1.807, 2.05) is 25.7 Å². The minimum Gasteiger partial charge on any atom is -0.455 e. The molecule has 0 spiro atoms. The first kappa shape index (κ1) is 37.4. The molecule has 8 nitrogen and oxygen atoms in total. The van der Waals surface area contributed by atoms with Gasteiger partial charge in [0, 0.05) is 17.8 Å². The van der Waals surface area contributed by atoms with Crippen LogP contribution in [0.5, 0.6) is 0 Å². The van der Waals surface area contributed by atoms with Gasteiger partial charge >= 0.3 is 5.97 Å². The number of aliphatic hydroxyl groups is 2. The van der Waals surface area contributed by atoms with Crippen LogP contribution in [0.1, 0.15) is 88.5 Å². The summed E-state index contributed by atoms with van der Waals surface area (Å²) in [6, 6.07) is 0. The van der Waals surface area contributed by atoms with Crippen LogP contribution in [0.3, 0.4) is 0 Å². The number of rotatable bonds is 8. The van der Waals surface area contributed by atoms with Crippen LogP contribution in [0, 0.1) is 16.7 Å². The molecule has 3 fully saturated rings. The fourth-order valence-corrected chi connectivity index (χ4v) is 9.41. The van der Waals surface area contributed by atoms with Crippen molar-refractivity contribution < 1.29 is 33.7 Å². The Hall–Kier alpha value is -0.813. The van der Waals surface area contributed by atoms with Gasteiger partial charge in [-0.15, -0.1) is 19.0 Å². The first-order valence-corrected chi connectivity index (χ1v) is 18.3. The number of hydrogen-bond acceptors (Lipinski definition) is 8. The third-order valence-electron chi connectivity index (χ3n) is 11.4. The molecule has 0 unspecified atom stereocenters. The number of likely N-dealkylation sites (N-methyl/N-ethyl adjacent to an activating group) is 1. The van der Waals surface area contributed by atoms with Crippen LogP contribution in [0.25, 0.3) is 0 Å². The molecular weight excluding hydrogens is 574 g/mol. The maximum absolute atomic E-state index is 14.5. The summed E-state index contributed by atoms with van der Waals surface area (Å²) in [5.74, 6) is -1.56. The lowest BCUT2D eigenvalue weighted by atomic mass is 9.40. The second-order valence-electron chi connectivity index (χ2n) is 15.6. The Kier molecular flexibility index (Phi) is 10.5. The molecule has 1 heterocycles. The van der Waals surface area contributed by atoms with Crippen molar-refractivity contribution in [2.45, 2.75) is 142 Å². The Balaban J connectivity index is 0.00000616. The highest BCUT2D eigenvalue weighted by Crippen LogP contribution is 2.68. The smallest absolute Gasteiger partial charge is 0.320 e. The third kappa shape index (κ3) is 5.58. The lowest BCUT2D eigenvalue weighted by molar-refractivity contribution is -0.369. The standard InChI is InChI=1S/C32H57NO7Si.ClH/c1-14-29(9)19-21(34)32(37)30(10)22(39-41(12,13)27(4,5)6)17-18-28(7,8)25(30)24(36)26(31(32,11)40-29)38-23(35)20-33(15-2)16-3;/h14,22,24-26,36-37H,1,15-20H2,2-13H3;1H/t22-,24-,25-,26-,29-,30-,31+,32-;/m0./s1. The van der Waals surface area contributed by atoms with Gasteiger partial charge in [-0.25, -0.2) is 0 Å². The molecule has 3 rings (SSSR count). The largest absolute Gasteiger partial charge is 0.455 e. The lowest BCUT2D eigenvalue weighted by Crippen LogP contribution is -2.87. The quantitative estimate of drug-likeness (QED) is 0.211. The number of fused-ring (bicyclic) bond motifs is 3. The third-order valence-corrected chi connectivity index (χ3v) is 15.9. The fraction of sp³-hybridized carbons (Fsp3) is 0.875. The Bertz CT molecular complexity index is 1040. The maximum Gasteiger partial charge on any atom is 0.320 e. The van der Waals surface area contributed by atoms with Gasteiger partial charge in [0.15, 0.2) is 25.8 Å². The van der Waals surface area contributed by atoms with Gasteiger partial charge in [0.2, 0.25) is 0 Å². The number of hydrogen-bond donors (Lipinski definition) is 2. The van der Waals surface area contributed by atoms with Crippen molar-refractivity contribution in [3.05, 3.63) is 12.7 Å². The van der Waals surface area contributed by atoms with E-state index in [4.69, 9.17) is 13.9 Å². The molecule has 0 amide bonds. The number of aliphatic hydroxyl groups excluding tert-OH is 1. The number of nitrogens with zero attached hydrogens (tertiary/aromatic N) is 1. The van der Waals surface area contributed by atoms with Crippen molar-refractivity contribution >= 4 is 32.5 Å². The highest BCUT2D eigenvalue weighted by atomic mass is 35.5. The van der Waals surface area contributed by atoms with E-state index >= 15 is 0 Å². The minimum atomic E-state index is -2.38. The fourth-order valence-electron chi connectivity index (χ4n) is 7.98. The SMILES string of the molecule is C=C[C@@]1(C)CC(=O)[C@]2(O)[C@@]3(C)[C@@H](O[Si](C)(C)C(C)(C)C)CCC(C)(C)[C@@H]3[C@H](O)[C@H](OC(=O)CN(CC)CC)[C@@]2(C)O1.Cl. The van der Waals surface area contributed by atoms with Gasteiger partial charge in [0.25, 0.3) is 0 Å². The van der Waals surface area contributed by atoms with Crippen molar-refractivity contribution in [3.63, 3.8) is 0 Å². The number of Topliss-reactive ketones (excluding diaryl/α,β-unsaturated/α-hetero) is 1. The van der Waals surface area contributed by atoms with Gasteiger partial charge < -0.3 is 24.1 Å². The van der Waals surface area contributed by atoms with Gasteiger partial charge in [0.05, 0.1) is 24.4 Å². The molecular formula is C32H58ClNO7Si. The van der Waals surface area contributed by atoms with Crippen molar-refractivity contribution in [3.8, 4) is 0 Å². The van der Waals surface area contributed by atoms with E-state index in [9.17, 15) is 19.8 Å². The summed E-state index contributed by atoms with van der Waals surface area (Å²) in [5.41, 5.74) is -6.74. The highest BCUT2D eigenvalue weighted by molar-refractivity contribution is 6.74. The number of esters is 1. The predicted molar refractivity (Wildman–Crippen MR) is 170 cm³/mol. The molecule has 0 aromatic carbocycles. The Labute approximate surface area is 261 Å². The van der Waals surface area contributed by atoms with Gasteiger partial charge in [-0.3, -0.25) is 14.5 Å². The summed E-state index contributed by atoms with van der Waals surface area (Å²) < 4.78 is 19.8. The van der Waals surface area contributed by atoms with Gasteiger partial charge in [-0.2, -0.15) is 0 Å². The summed E-state index contributed by atoms with van der Waals surface area (Å²) in [6.07, 6.45) is -0.219. The average Bonchev–Trinajstić information content (AvgIpc) is 2.84. The summed E-state index contributed by atoms with van der Waals surface area (Å²) in [4.78, 5) is 29.7. The molecule has 2 aliphatic carbocycles. The van der Waals surface area contributed by atoms with Crippen molar-refractivity contribution in [1.82, 2.24) is 4.90 Å². The highest BCUT2D eigenvalue weighted by Gasteiger charge is 2.81. The summed E-state index contributed by atoms with van der Waals surface area (Å²) in [7, 11) is -2.38. The summed E-state index contributed by atoms with van der Waals surface area (Å²) in [6.45, 7) is 29.4. The van der Waals surface area contributed by atoms with E-state index in [-0.39, 0.29) is 30.4 Å². The predicted octanol–water partition coefficient (Wildman–Crippen LogP) is 5.29. The van der Waals surface area contributed by atoms with Crippen molar-refractivity contribution in [2.24, 2.45) is 16.7 Å². The second kappa shape index (κ2) is 11.8. The van der Waals surface area contributed by atoms with E-state index < -0.39 is 71.9 Å². The van der Waals surface area contributed by atoms with Gasteiger partial charge in [0.1, 0.15) is 5.60 Å². The number of carbonyl (C=O) groups is 2. The van der Waals surface area contributed by atoms with E-state index in [0.717, 1.165) is 6.42 Å². The monoisotopic (exact) mass is 631 g/mol. The van der Waals surface area contributed by atoms with Crippen LogP contribution < -0.4 is 0 Å².